The van der Waals surface area contributed by atoms with E-state index >= 15 is 0 Å². The molecule has 34 heavy (non-hydrogen) atoms. The van der Waals surface area contributed by atoms with Crippen molar-refractivity contribution in [3.63, 3.8) is 0 Å². The van der Waals surface area contributed by atoms with E-state index in [2.05, 4.69) is 32.0 Å². The van der Waals surface area contributed by atoms with Gasteiger partial charge in [-0.25, -0.2) is 9.97 Å². The van der Waals surface area contributed by atoms with Crippen molar-refractivity contribution in [1.29, 1.82) is 0 Å². The number of amides is 1. The molecular formula is C25H39N7O2. The number of nitrogens with one attached hydrogen (secondary N) is 1. The Bertz CT molecular complexity index is 1010. The Morgan fingerprint density at radius 2 is 1.76 bits per heavy atom. The van der Waals surface area contributed by atoms with Crippen molar-refractivity contribution in [2.24, 2.45) is 5.92 Å². The molecule has 2 saturated heterocycles. The molecule has 2 fully saturated rings. The summed E-state index contributed by atoms with van der Waals surface area (Å²) in [7, 11) is 0. The van der Waals surface area contributed by atoms with Crippen molar-refractivity contribution >= 4 is 22.9 Å². The van der Waals surface area contributed by atoms with Gasteiger partial charge in [0.25, 0.3) is 5.56 Å². The third kappa shape index (κ3) is 5.75. The largest absolute Gasteiger partial charge is 0.356 e. The highest BCUT2D eigenvalue weighted by Crippen LogP contribution is 2.21. The van der Waals surface area contributed by atoms with E-state index in [1.54, 1.807) is 10.8 Å². The Morgan fingerprint density at radius 3 is 2.44 bits per heavy atom. The summed E-state index contributed by atoms with van der Waals surface area (Å²) in [5, 5.41) is 3.15. The third-order valence-corrected chi connectivity index (χ3v) is 7.12. The first-order chi connectivity index (χ1) is 16.6. The molecular weight excluding hydrogens is 430 g/mol. The van der Waals surface area contributed by atoms with Crippen molar-refractivity contribution in [2.75, 3.05) is 63.8 Å². The highest BCUT2D eigenvalue weighted by atomic mass is 16.2. The van der Waals surface area contributed by atoms with Crippen LogP contribution in [0.2, 0.25) is 0 Å². The SMILES string of the molecule is CCCN1CCN(CCCNC(=O)C2CCN(c3nc4cccnc4n(CC)c3=O)CC2)CC1. The molecule has 2 aliphatic rings. The lowest BCUT2D eigenvalue weighted by Crippen LogP contribution is -2.47. The normalized spacial score (nSPS) is 18.5. The number of piperidine rings is 1. The second-order valence-corrected chi connectivity index (χ2v) is 9.42. The molecule has 9 nitrogen and oxygen atoms in total. The molecule has 0 atom stereocenters. The highest BCUT2D eigenvalue weighted by Gasteiger charge is 2.27. The number of aromatic nitrogens is 3. The number of nitrogens with zero attached hydrogens (tertiary/aromatic N) is 6. The van der Waals surface area contributed by atoms with Crippen LogP contribution in [-0.2, 0) is 11.3 Å². The van der Waals surface area contributed by atoms with Crippen LogP contribution in [0.25, 0.3) is 11.2 Å². The van der Waals surface area contributed by atoms with Crippen LogP contribution >= 0.6 is 0 Å². The van der Waals surface area contributed by atoms with E-state index in [9.17, 15) is 9.59 Å². The van der Waals surface area contributed by atoms with Crippen molar-refractivity contribution in [2.45, 2.75) is 46.1 Å². The fraction of sp³-hybridized carbons (Fsp3) is 0.680. The van der Waals surface area contributed by atoms with Gasteiger partial charge in [0.05, 0.1) is 0 Å². The summed E-state index contributed by atoms with van der Waals surface area (Å²) in [5.74, 6) is 0.624. The van der Waals surface area contributed by atoms with Gasteiger partial charge in [0.1, 0.15) is 5.52 Å². The van der Waals surface area contributed by atoms with E-state index in [1.807, 2.05) is 24.0 Å². The molecule has 0 radical (unpaired) electrons. The van der Waals surface area contributed by atoms with Crippen LogP contribution in [0.15, 0.2) is 23.1 Å². The van der Waals surface area contributed by atoms with E-state index in [-0.39, 0.29) is 17.4 Å². The van der Waals surface area contributed by atoms with Gasteiger partial charge in [0.2, 0.25) is 5.91 Å². The van der Waals surface area contributed by atoms with Crippen molar-refractivity contribution < 1.29 is 4.79 Å². The predicted octanol–water partition coefficient (Wildman–Crippen LogP) is 1.56. The summed E-state index contributed by atoms with van der Waals surface area (Å²) >= 11 is 0. The van der Waals surface area contributed by atoms with Gasteiger partial charge in [-0.15, -0.1) is 0 Å². The monoisotopic (exact) mass is 469 g/mol. The van der Waals surface area contributed by atoms with Crippen LogP contribution in [0.3, 0.4) is 0 Å². The van der Waals surface area contributed by atoms with E-state index < -0.39 is 0 Å². The Hall–Kier alpha value is -2.52. The molecule has 0 unspecified atom stereocenters. The minimum Gasteiger partial charge on any atom is -0.356 e. The fourth-order valence-electron chi connectivity index (χ4n) is 5.13. The smallest absolute Gasteiger partial charge is 0.295 e. The van der Waals surface area contributed by atoms with Gasteiger partial charge in [-0.3, -0.25) is 14.2 Å². The van der Waals surface area contributed by atoms with Gasteiger partial charge in [-0.05, 0) is 57.8 Å². The second kappa shape index (κ2) is 11.8. The Labute approximate surface area is 202 Å². The van der Waals surface area contributed by atoms with Crippen LogP contribution in [0.1, 0.15) is 39.5 Å². The minimum atomic E-state index is -0.105. The van der Waals surface area contributed by atoms with Crippen molar-refractivity contribution in [3.05, 3.63) is 28.7 Å². The van der Waals surface area contributed by atoms with E-state index in [4.69, 9.17) is 0 Å². The number of rotatable bonds is 9. The number of anilines is 1. The standard InChI is InChI=1S/C25H39N7O2/c1-3-12-29-16-18-30(19-17-29)13-6-11-27-24(33)20-8-14-31(15-9-20)23-25(34)32(4-2)22-21(28-23)7-5-10-26-22/h5,7,10,20H,3-4,6,8-9,11-19H2,1-2H3,(H,27,33). The molecule has 2 aromatic heterocycles. The van der Waals surface area contributed by atoms with Crippen LogP contribution in [0, 0.1) is 5.92 Å². The lowest BCUT2D eigenvalue weighted by atomic mass is 9.96. The Kier molecular flexibility index (Phi) is 8.50. The third-order valence-electron chi connectivity index (χ3n) is 7.12. The molecule has 2 aromatic rings. The van der Waals surface area contributed by atoms with Crippen LogP contribution in [-0.4, -0.2) is 89.1 Å². The number of fused-ring (bicyclic) bond motifs is 1. The topological polar surface area (TPSA) is 86.6 Å². The number of pyridine rings is 1. The fourth-order valence-corrected chi connectivity index (χ4v) is 5.13. The number of piperazine rings is 1. The number of hydrogen-bond donors (Lipinski definition) is 1. The summed E-state index contributed by atoms with van der Waals surface area (Å²) in [6.45, 7) is 13.6. The zero-order chi connectivity index (χ0) is 23.9. The molecule has 9 heteroatoms. The van der Waals surface area contributed by atoms with Crippen molar-refractivity contribution in [1.82, 2.24) is 29.7 Å². The average molecular weight is 470 g/mol. The number of carbonyl (C=O) groups is 1. The summed E-state index contributed by atoms with van der Waals surface area (Å²) in [4.78, 5) is 41.8. The van der Waals surface area contributed by atoms with E-state index in [0.29, 0.717) is 31.1 Å². The highest BCUT2D eigenvalue weighted by molar-refractivity contribution is 5.79. The molecule has 0 aromatic carbocycles. The van der Waals surface area contributed by atoms with Gasteiger partial charge in [0, 0.05) is 64.5 Å². The summed E-state index contributed by atoms with van der Waals surface area (Å²) in [5.41, 5.74) is 1.24. The molecule has 1 amide bonds. The maximum Gasteiger partial charge on any atom is 0.295 e. The average Bonchev–Trinajstić information content (AvgIpc) is 2.87. The first-order valence-electron chi connectivity index (χ1n) is 12.9. The lowest BCUT2D eigenvalue weighted by Gasteiger charge is -2.34. The van der Waals surface area contributed by atoms with Crippen LogP contribution in [0.5, 0.6) is 0 Å². The summed E-state index contributed by atoms with van der Waals surface area (Å²) in [6, 6.07) is 3.73. The van der Waals surface area contributed by atoms with Gasteiger partial charge >= 0.3 is 0 Å². The first kappa shape index (κ1) is 24.6. The molecule has 4 rings (SSSR count). The maximum atomic E-state index is 13.0. The number of carbonyl (C=O) groups excluding carboxylic acids is 1. The second-order valence-electron chi connectivity index (χ2n) is 9.42. The molecule has 4 heterocycles. The van der Waals surface area contributed by atoms with Gasteiger partial charge < -0.3 is 20.0 Å². The summed E-state index contributed by atoms with van der Waals surface area (Å²) in [6.07, 6.45) is 5.38. The maximum absolute atomic E-state index is 13.0. The molecule has 0 spiro atoms. The molecule has 2 aliphatic heterocycles. The minimum absolute atomic E-state index is 0.00404. The van der Waals surface area contributed by atoms with E-state index in [0.717, 1.165) is 64.0 Å². The summed E-state index contributed by atoms with van der Waals surface area (Å²) < 4.78 is 1.68. The molecule has 0 bridgehead atoms. The van der Waals surface area contributed by atoms with Crippen molar-refractivity contribution in [3.8, 4) is 0 Å². The lowest BCUT2D eigenvalue weighted by molar-refractivity contribution is -0.125. The van der Waals surface area contributed by atoms with Gasteiger partial charge in [0.15, 0.2) is 11.5 Å². The first-order valence-corrected chi connectivity index (χ1v) is 12.9. The Balaban J connectivity index is 1.22. The van der Waals surface area contributed by atoms with Gasteiger partial charge in [-0.1, -0.05) is 6.92 Å². The Morgan fingerprint density at radius 1 is 1.06 bits per heavy atom. The van der Waals surface area contributed by atoms with Gasteiger partial charge in [-0.2, -0.15) is 0 Å². The molecule has 186 valence electrons. The number of aryl methyl sites for hydroxylation is 1. The van der Waals surface area contributed by atoms with E-state index in [1.165, 1.54) is 13.0 Å². The predicted molar refractivity (Wildman–Crippen MR) is 135 cm³/mol. The zero-order valence-corrected chi connectivity index (χ0v) is 20.7. The molecule has 0 aliphatic carbocycles. The molecule has 1 N–H and O–H groups in total. The molecule has 0 saturated carbocycles. The number of hydrogen-bond acceptors (Lipinski definition) is 7. The zero-order valence-electron chi connectivity index (χ0n) is 20.7. The van der Waals surface area contributed by atoms with Crippen LogP contribution in [0.4, 0.5) is 5.82 Å². The quantitative estimate of drug-likeness (QED) is 0.558. The van der Waals surface area contributed by atoms with Crippen LogP contribution < -0.4 is 15.8 Å².